The monoisotopic (exact) mass is 481 g/mol. The minimum absolute atomic E-state index is 0.172. The molecule has 1 amide bonds. The molecule has 1 N–H and O–H groups in total. The molecule has 0 aliphatic carbocycles. The molecule has 0 spiro atoms. The lowest BCUT2D eigenvalue weighted by atomic mass is 10.2. The third kappa shape index (κ3) is 4.90. The molecule has 4 rings (SSSR count). The number of furan rings is 1. The Balaban J connectivity index is 1.61. The fourth-order valence-electron chi connectivity index (χ4n) is 2.73. The Kier molecular flexibility index (Phi) is 6.15. The number of aromatic hydroxyl groups is 1. The van der Waals surface area contributed by atoms with Crippen LogP contribution in [0.15, 0.2) is 90.9 Å². The number of hydrogen-bond donors (Lipinski definition) is 1. The summed E-state index contributed by atoms with van der Waals surface area (Å²) in [5.74, 6) is 0.644. The van der Waals surface area contributed by atoms with Crippen molar-refractivity contribution in [2.45, 2.75) is 6.54 Å². The van der Waals surface area contributed by atoms with E-state index in [0.29, 0.717) is 15.8 Å². The van der Waals surface area contributed by atoms with Crippen LogP contribution < -0.4 is 0 Å². The van der Waals surface area contributed by atoms with Gasteiger partial charge in [0.05, 0.1) is 23.9 Å². The van der Waals surface area contributed by atoms with E-state index in [4.69, 9.17) is 4.42 Å². The Labute approximate surface area is 185 Å². The van der Waals surface area contributed by atoms with Crippen molar-refractivity contribution in [3.8, 4) is 5.75 Å². The van der Waals surface area contributed by atoms with E-state index >= 15 is 0 Å². The quantitative estimate of drug-likeness (QED) is 0.306. The van der Waals surface area contributed by atoms with Gasteiger partial charge in [-0.15, -0.1) is 5.10 Å². The van der Waals surface area contributed by atoms with Gasteiger partial charge in [-0.05, 0) is 65.4 Å². The first kappa shape index (κ1) is 20.2. The number of thioether (sulfide) groups is 1. The minimum Gasteiger partial charge on any atom is -0.508 e. The first-order valence-electron chi connectivity index (χ1n) is 8.98. The number of amides is 1. The zero-order valence-corrected chi connectivity index (χ0v) is 18.0. The maximum Gasteiger partial charge on any atom is 0.267 e. The fourth-order valence-corrected chi connectivity index (χ4v) is 4.09. The van der Waals surface area contributed by atoms with Gasteiger partial charge in [0.2, 0.25) is 0 Å². The standard InChI is InChI=1S/C22H16BrN3O3S/c23-17-4-1-3-16(11-17)13-24-25-22-26(14-19-5-2-10-29-19)21(28)20(30-22)12-15-6-8-18(27)9-7-15/h1-13,27H,14H2/b20-12-,24-13-,25-22+. The second kappa shape index (κ2) is 9.15. The Morgan fingerprint density at radius 3 is 2.67 bits per heavy atom. The molecule has 0 radical (unpaired) electrons. The fraction of sp³-hybridized carbons (Fsp3) is 0.0455. The number of phenolic OH excluding ortho intramolecular Hbond substituents is 1. The number of amidine groups is 1. The molecule has 2 heterocycles. The molecular formula is C22H16BrN3O3S. The third-order valence-electron chi connectivity index (χ3n) is 4.17. The topological polar surface area (TPSA) is 78.4 Å². The molecule has 6 nitrogen and oxygen atoms in total. The molecule has 3 aromatic rings. The number of carbonyl (C=O) groups excluding carboxylic acids is 1. The van der Waals surface area contributed by atoms with E-state index in [-0.39, 0.29) is 18.2 Å². The maximum atomic E-state index is 13.0. The van der Waals surface area contributed by atoms with E-state index in [1.165, 1.54) is 16.7 Å². The molecule has 30 heavy (non-hydrogen) atoms. The van der Waals surface area contributed by atoms with E-state index in [0.717, 1.165) is 15.6 Å². The van der Waals surface area contributed by atoms with E-state index in [1.807, 2.05) is 30.3 Å². The highest BCUT2D eigenvalue weighted by molar-refractivity contribution is 9.10. The Bertz CT molecular complexity index is 1140. The molecule has 1 aliphatic heterocycles. The Morgan fingerprint density at radius 1 is 1.10 bits per heavy atom. The predicted octanol–water partition coefficient (Wildman–Crippen LogP) is 5.25. The molecule has 0 bridgehead atoms. The maximum absolute atomic E-state index is 13.0. The summed E-state index contributed by atoms with van der Waals surface area (Å²) in [5.41, 5.74) is 1.70. The van der Waals surface area contributed by atoms with Gasteiger partial charge in [0, 0.05) is 4.47 Å². The van der Waals surface area contributed by atoms with Gasteiger partial charge in [0.1, 0.15) is 11.5 Å². The third-order valence-corrected chi connectivity index (χ3v) is 5.66. The molecule has 0 saturated carbocycles. The van der Waals surface area contributed by atoms with Gasteiger partial charge in [-0.3, -0.25) is 9.69 Å². The first-order chi connectivity index (χ1) is 14.6. The van der Waals surface area contributed by atoms with Crippen LogP contribution in [0, 0.1) is 0 Å². The molecule has 0 atom stereocenters. The molecule has 1 aromatic heterocycles. The first-order valence-corrected chi connectivity index (χ1v) is 10.6. The van der Waals surface area contributed by atoms with E-state index in [1.54, 1.807) is 48.9 Å². The SMILES string of the molecule is O=C1/C(=C/c2ccc(O)cc2)S/C(=N/N=C\c2cccc(Br)c2)N1Cc1ccco1. The number of rotatable bonds is 5. The van der Waals surface area contributed by atoms with Crippen LogP contribution in [0.1, 0.15) is 16.9 Å². The van der Waals surface area contributed by atoms with Gasteiger partial charge in [-0.25, -0.2) is 0 Å². The van der Waals surface area contributed by atoms with Crippen LogP contribution in [0.25, 0.3) is 6.08 Å². The molecule has 2 aromatic carbocycles. The zero-order chi connectivity index (χ0) is 20.9. The highest BCUT2D eigenvalue weighted by Gasteiger charge is 2.34. The summed E-state index contributed by atoms with van der Waals surface area (Å²) in [6.45, 7) is 0.261. The van der Waals surface area contributed by atoms with E-state index in [2.05, 4.69) is 26.1 Å². The Hall–Kier alpha value is -3.10. The largest absolute Gasteiger partial charge is 0.508 e. The molecule has 150 valence electrons. The summed E-state index contributed by atoms with van der Waals surface area (Å²) in [4.78, 5) is 15.1. The van der Waals surface area contributed by atoms with Crippen molar-refractivity contribution in [2.24, 2.45) is 10.2 Å². The van der Waals surface area contributed by atoms with Crippen LogP contribution in [-0.4, -0.2) is 27.3 Å². The van der Waals surface area contributed by atoms with Gasteiger partial charge >= 0.3 is 0 Å². The lowest BCUT2D eigenvalue weighted by Crippen LogP contribution is -2.28. The van der Waals surface area contributed by atoms with Crippen LogP contribution in [0.5, 0.6) is 5.75 Å². The van der Waals surface area contributed by atoms with Crippen molar-refractivity contribution in [2.75, 3.05) is 0 Å². The number of benzene rings is 2. The lowest BCUT2D eigenvalue weighted by molar-refractivity contribution is -0.122. The molecule has 0 unspecified atom stereocenters. The van der Waals surface area contributed by atoms with E-state index in [9.17, 15) is 9.90 Å². The normalized spacial score (nSPS) is 17.0. The molecule has 1 aliphatic rings. The molecule has 1 fully saturated rings. The number of halogens is 1. The van der Waals surface area contributed by atoms with Crippen LogP contribution >= 0.6 is 27.7 Å². The van der Waals surface area contributed by atoms with Gasteiger partial charge < -0.3 is 9.52 Å². The summed E-state index contributed by atoms with van der Waals surface area (Å²) >= 11 is 4.67. The van der Waals surface area contributed by atoms with Gasteiger partial charge in [0.25, 0.3) is 5.91 Å². The smallest absolute Gasteiger partial charge is 0.267 e. The van der Waals surface area contributed by atoms with Crippen molar-refractivity contribution >= 4 is 51.1 Å². The van der Waals surface area contributed by atoms with Crippen molar-refractivity contribution in [3.05, 3.63) is 93.2 Å². The summed E-state index contributed by atoms with van der Waals surface area (Å²) in [7, 11) is 0. The number of carbonyl (C=O) groups is 1. The van der Waals surface area contributed by atoms with Crippen LogP contribution in [0.2, 0.25) is 0 Å². The van der Waals surface area contributed by atoms with Crippen molar-refractivity contribution < 1.29 is 14.3 Å². The second-order valence-electron chi connectivity index (χ2n) is 6.35. The highest BCUT2D eigenvalue weighted by atomic mass is 79.9. The van der Waals surface area contributed by atoms with Crippen LogP contribution in [0.3, 0.4) is 0 Å². The summed E-state index contributed by atoms with van der Waals surface area (Å²) in [6, 6.07) is 17.9. The van der Waals surface area contributed by atoms with Crippen molar-refractivity contribution in [3.63, 3.8) is 0 Å². The number of nitrogens with zero attached hydrogens (tertiary/aromatic N) is 3. The average molecular weight is 482 g/mol. The van der Waals surface area contributed by atoms with E-state index < -0.39 is 0 Å². The van der Waals surface area contributed by atoms with Crippen LogP contribution in [-0.2, 0) is 11.3 Å². The van der Waals surface area contributed by atoms with Crippen LogP contribution in [0.4, 0.5) is 0 Å². The average Bonchev–Trinajstić information content (AvgIpc) is 3.34. The molecule has 8 heteroatoms. The second-order valence-corrected chi connectivity index (χ2v) is 8.28. The Morgan fingerprint density at radius 2 is 1.93 bits per heavy atom. The molecular weight excluding hydrogens is 466 g/mol. The van der Waals surface area contributed by atoms with Gasteiger partial charge in [-0.1, -0.05) is 40.2 Å². The minimum atomic E-state index is -0.180. The van der Waals surface area contributed by atoms with Gasteiger partial charge in [0.15, 0.2) is 5.17 Å². The summed E-state index contributed by atoms with van der Waals surface area (Å²) < 4.78 is 6.34. The number of phenols is 1. The van der Waals surface area contributed by atoms with Gasteiger partial charge in [-0.2, -0.15) is 5.10 Å². The number of hydrogen-bond acceptors (Lipinski definition) is 6. The molecule has 1 saturated heterocycles. The summed E-state index contributed by atoms with van der Waals surface area (Å²) in [6.07, 6.45) is 4.97. The predicted molar refractivity (Wildman–Crippen MR) is 122 cm³/mol. The highest BCUT2D eigenvalue weighted by Crippen LogP contribution is 2.34. The van der Waals surface area contributed by atoms with Crippen molar-refractivity contribution in [1.29, 1.82) is 0 Å². The lowest BCUT2D eigenvalue weighted by Gasteiger charge is -2.12. The van der Waals surface area contributed by atoms with Crippen molar-refractivity contribution in [1.82, 2.24) is 4.90 Å². The zero-order valence-electron chi connectivity index (χ0n) is 15.6. The summed E-state index contributed by atoms with van der Waals surface area (Å²) in [5, 5.41) is 18.4.